The van der Waals surface area contributed by atoms with E-state index in [4.69, 9.17) is 4.42 Å². The summed E-state index contributed by atoms with van der Waals surface area (Å²) in [5, 5.41) is 10.5. The lowest BCUT2D eigenvalue weighted by Gasteiger charge is -2.31. The van der Waals surface area contributed by atoms with Crippen LogP contribution in [0.1, 0.15) is 47.7 Å². The number of likely N-dealkylation sites (N-methyl/N-ethyl adjacent to an activating group) is 1. The number of benzene rings is 1. The van der Waals surface area contributed by atoms with E-state index in [-0.39, 0.29) is 11.9 Å². The Kier molecular flexibility index (Phi) is 4.98. The van der Waals surface area contributed by atoms with Gasteiger partial charge < -0.3 is 14.4 Å². The van der Waals surface area contributed by atoms with Crippen molar-refractivity contribution >= 4 is 5.91 Å². The third-order valence-electron chi connectivity index (χ3n) is 3.80. The van der Waals surface area contributed by atoms with E-state index < -0.39 is 6.10 Å². The number of aromatic nitrogens is 1. The van der Waals surface area contributed by atoms with Crippen LogP contribution in [0.2, 0.25) is 0 Å². The number of carbonyl (C=O) groups excluding carboxylic acids is 1. The second kappa shape index (κ2) is 6.75. The molecule has 0 unspecified atom stereocenters. The maximum absolute atomic E-state index is 12.7. The first kappa shape index (κ1) is 16.2. The normalized spacial score (nSPS) is 13.7. The van der Waals surface area contributed by atoms with Gasteiger partial charge in [-0.05, 0) is 26.3 Å². The number of hydrogen-bond acceptors (Lipinski definition) is 4. The van der Waals surface area contributed by atoms with E-state index in [1.54, 1.807) is 18.7 Å². The van der Waals surface area contributed by atoms with E-state index in [1.807, 2.05) is 44.2 Å². The number of aryl methyl sites for hydroxylation is 2. The van der Waals surface area contributed by atoms with Crippen LogP contribution in [-0.4, -0.2) is 33.5 Å². The number of aliphatic hydroxyl groups excluding tert-OH is 1. The van der Waals surface area contributed by atoms with Crippen LogP contribution in [0.3, 0.4) is 0 Å². The van der Waals surface area contributed by atoms with E-state index in [0.29, 0.717) is 23.9 Å². The zero-order valence-corrected chi connectivity index (χ0v) is 13.4. The molecule has 0 aliphatic heterocycles. The molecule has 5 heteroatoms. The summed E-state index contributed by atoms with van der Waals surface area (Å²) in [5.41, 5.74) is 1.10. The summed E-state index contributed by atoms with van der Waals surface area (Å²) in [6.07, 6.45) is -0.751. The van der Waals surface area contributed by atoms with E-state index in [0.717, 1.165) is 5.56 Å². The van der Waals surface area contributed by atoms with Crippen molar-refractivity contribution in [1.29, 1.82) is 0 Å². The highest BCUT2D eigenvalue weighted by Crippen LogP contribution is 2.23. The molecule has 0 saturated heterocycles. The molecule has 0 bridgehead atoms. The molecule has 0 aliphatic carbocycles. The molecular weight excluding hydrogens is 280 g/mol. The molecule has 0 radical (unpaired) electrons. The molecule has 1 heterocycles. The van der Waals surface area contributed by atoms with E-state index in [2.05, 4.69) is 4.98 Å². The van der Waals surface area contributed by atoms with Gasteiger partial charge in [0.25, 0.3) is 5.91 Å². The molecule has 1 aromatic heterocycles. The molecule has 1 N–H and O–H groups in total. The van der Waals surface area contributed by atoms with Crippen molar-refractivity contribution in [3.05, 3.63) is 53.2 Å². The van der Waals surface area contributed by atoms with Gasteiger partial charge >= 0.3 is 0 Å². The highest BCUT2D eigenvalue weighted by Gasteiger charge is 2.29. The first-order valence-corrected chi connectivity index (χ1v) is 7.43. The lowest BCUT2D eigenvalue weighted by Crippen LogP contribution is -2.42. The minimum Gasteiger partial charge on any atom is -0.445 e. The zero-order valence-electron chi connectivity index (χ0n) is 13.4. The standard InChI is InChI=1S/C17H22N2O3/c1-5-19(17(21)15-12(3)22-13(4)18-15)11(2)16(20)14-9-7-6-8-10-14/h6-11,16,20H,5H2,1-4H3/t11-,16+/m1/s1. The van der Waals surface area contributed by atoms with Crippen LogP contribution in [0.15, 0.2) is 34.7 Å². The largest absolute Gasteiger partial charge is 0.445 e. The lowest BCUT2D eigenvalue weighted by molar-refractivity contribution is 0.0414. The van der Waals surface area contributed by atoms with Crippen molar-refractivity contribution < 1.29 is 14.3 Å². The molecule has 2 aromatic rings. The Balaban J connectivity index is 2.23. The Bertz CT molecular complexity index is 637. The summed E-state index contributed by atoms with van der Waals surface area (Å²) in [5.74, 6) is 0.745. The van der Waals surface area contributed by atoms with Gasteiger partial charge in [-0.15, -0.1) is 0 Å². The monoisotopic (exact) mass is 302 g/mol. The van der Waals surface area contributed by atoms with Crippen LogP contribution in [0.5, 0.6) is 0 Å². The van der Waals surface area contributed by atoms with E-state index in [1.165, 1.54) is 0 Å². The van der Waals surface area contributed by atoms with Gasteiger partial charge in [-0.2, -0.15) is 0 Å². The van der Waals surface area contributed by atoms with Gasteiger partial charge in [-0.25, -0.2) is 4.98 Å². The number of rotatable bonds is 5. The third-order valence-corrected chi connectivity index (χ3v) is 3.80. The van der Waals surface area contributed by atoms with Gasteiger partial charge in [0.2, 0.25) is 0 Å². The van der Waals surface area contributed by atoms with Crippen LogP contribution in [0, 0.1) is 13.8 Å². The van der Waals surface area contributed by atoms with Crippen molar-refractivity contribution in [2.24, 2.45) is 0 Å². The molecule has 1 aromatic carbocycles. The summed E-state index contributed by atoms with van der Waals surface area (Å²) in [4.78, 5) is 18.4. The van der Waals surface area contributed by atoms with Crippen molar-refractivity contribution in [3.63, 3.8) is 0 Å². The smallest absolute Gasteiger partial charge is 0.276 e. The second-order valence-corrected chi connectivity index (χ2v) is 5.32. The summed E-state index contributed by atoms with van der Waals surface area (Å²) in [7, 11) is 0. The highest BCUT2D eigenvalue weighted by molar-refractivity contribution is 5.93. The summed E-state index contributed by atoms with van der Waals surface area (Å²) in [6.45, 7) is 7.63. The topological polar surface area (TPSA) is 66.6 Å². The maximum Gasteiger partial charge on any atom is 0.276 e. The van der Waals surface area contributed by atoms with Crippen LogP contribution < -0.4 is 0 Å². The number of amides is 1. The fourth-order valence-corrected chi connectivity index (χ4v) is 2.58. The average Bonchev–Trinajstić information content (AvgIpc) is 2.86. The van der Waals surface area contributed by atoms with Gasteiger partial charge in [0.15, 0.2) is 11.6 Å². The second-order valence-electron chi connectivity index (χ2n) is 5.32. The lowest BCUT2D eigenvalue weighted by atomic mass is 10.0. The highest BCUT2D eigenvalue weighted by atomic mass is 16.4. The Morgan fingerprint density at radius 2 is 1.95 bits per heavy atom. The number of aliphatic hydroxyl groups is 1. The van der Waals surface area contributed by atoms with Crippen LogP contribution in [0.4, 0.5) is 0 Å². The molecule has 0 fully saturated rings. The molecular formula is C17H22N2O3. The predicted molar refractivity (Wildman–Crippen MR) is 83.6 cm³/mol. The molecule has 0 aliphatic rings. The number of nitrogens with zero attached hydrogens (tertiary/aromatic N) is 2. The minimum absolute atomic E-state index is 0.223. The maximum atomic E-state index is 12.7. The Hall–Kier alpha value is -2.14. The minimum atomic E-state index is -0.751. The van der Waals surface area contributed by atoms with Crippen molar-refractivity contribution in [2.45, 2.75) is 39.8 Å². The molecule has 0 saturated carbocycles. The van der Waals surface area contributed by atoms with Crippen LogP contribution in [0.25, 0.3) is 0 Å². The van der Waals surface area contributed by atoms with E-state index in [9.17, 15) is 9.90 Å². The molecule has 5 nitrogen and oxygen atoms in total. The first-order chi connectivity index (χ1) is 10.5. The van der Waals surface area contributed by atoms with Gasteiger partial charge in [0.1, 0.15) is 5.76 Å². The SMILES string of the molecule is CCN(C(=O)c1nc(C)oc1C)[C@H](C)[C@H](O)c1ccccc1. The Labute approximate surface area is 130 Å². The van der Waals surface area contributed by atoms with Crippen LogP contribution >= 0.6 is 0 Å². The Morgan fingerprint density at radius 1 is 1.32 bits per heavy atom. The summed E-state index contributed by atoms with van der Waals surface area (Å²) >= 11 is 0. The zero-order chi connectivity index (χ0) is 16.3. The first-order valence-electron chi connectivity index (χ1n) is 7.43. The number of hydrogen-bond donors (Lipinski definition) is 1. The molecule has 2 rings (SSSR count). The van der Waals surface area contributed by atoms with E-state index >= 15 is 0 Å². The average molecular weight is 302 g/mol. The summed E-state index contributed by atoms with van der Waals surface area (Å²) in [6, 6.07) is 8.97. The van der Waals surface area contributed by atoms with Gasteiger partial charge in [-0.1, -0.05) is 30.3 Å². The quantitative estimate of drug-likeness (QED) is 0.922. The molecule has 1 amide bonds. The molecule has 22 heavy (non-hydrogen) atoms. The van der Waals surface area contributed by atoms with Crippen molar-refractivity contribution in [3.8, 4) is 0 Å². The fourth-order valence-electron chi connectivity index (χ4n) is 2.58. The predicted octanol–water partition coefficient (Wildman–Crippen LogP) is 2.88. The third kappa shape index (κ3) is 3.20. The molecule has 0 spiro atoms. The van der Waals surface area contributed by atoms with Crippen LogP contribution in [-0.2, 0) is 0 Å². The number of carbonyl (C=O) groups is 1. The number of oxazole rings is 1. The summed E-state index contributed by atoms with van der Waals surface area (Å²) < 4.78 is 5.33. The Morgan fingerprint density at radius 3 is 2.45 bits per heavy atom. The molecule has 2 atom stereocenters. The van der Waals surface area contributed by atoms with Gasteiger partial charge in [0, 0.05) is 13.5 Å². The van der Waals surface area contributed by atoms with Crippen molar-refractivity contribution in [2.75, 3.05) is 6.54 Å². The van der Waals surface area contributed by atoms with Gasteiger partial charge in [-0.3, -0.25) is 4.79 Å². The fraction of sp³-hybridized carbons (Fsp3) is 0.412. The van der Waals surface area contributed by atoms with Crippen molar-refractivity contribution in [1.82, 2.24) is 9.88 Å². The molecule has 118 valence electrons. The van der Waals surface area contributed by atoms with Gasteiger partial charge in [0.05, 0.1) is 12.1 Å².